The number of benzene rings is 2. The number of hydrogen-bond acceptors (Lipinski definition) is 3. The molecule has 8 heteroatoms. The van der Waals surface area contributed by atoms with Crippen molar-refractivity contribution in [2.75, 3.05) is 39.3 Å². The van der Waals surface area contributed by atoms with Gasteiger partial charge < -0.3 is 10.2 Å². The number of rotatable bonds is 7. The largest absolute Gasteiger partial charge is 0.351 e. The third kappa shape index (κ3) is 5.41. The maximum atomic E-state index is 13.9. The third-order valence-electron chi connectivity index (χ3n) is 5.27. The molecule has 0 aliphatic carbocycles. The first kappa shape index (κ1) is 21.4. The van der Waals surface area contributed by atoms with Crippen molar-refractivity contribution in [3.63, 3.8) is 0 Å². The van der Waals surface area contributed by atoms with Crippen molar-refractivity contribution in [3.05, 3.63) is 66.0 Å². The van der Waals surface area contributed by atoms with Crippen LogP contribution in [0.4, 0.5) is 4.39 Å². The molecule has 156 valence electrons. The predicted octanol–water partition coefficient (Wildman–Crippen LogP) is 0.635. The van der Waals surface area contributed by atoms with Gasteiger partial charge in [0.05, 0.1) is 26.2 Å². The first-order valence-corrected chi connectivity index (χ1v) is 11.2. The van der Waals surface area contributed by atoms with E-state index in [9.17, 15) is 17.6 Å². The van der Waals surface area contributed by atoms with Gasteiger partial charge in [-0.1, -0.05) is 49.4 Å². The van der Waals surface area contributed by atoms with Crippen LogP contribution >= 0.6 is 0 Å². The van der Waals surface area contributed by atoms with Crippen molar-refractivity contribution in [2.24, 2.45) is 0 Å². The van der Waals surface area contributed by atoms with Crippen LogP contribution in [0.15, 0.2) is 59.5 Å². The predicted molar refractivity (Wildman–Crippen MR) is 109 cm³/mol. The standard InChI is InChI=1S/C21H26FN3O3S/c1-17(18-7-3-2-4-8-18)15-23-21(26)16-24-11-13-25(14-12-24)29(27,28)20-10-6-5-9-19(20)22/h2-10,17H,11-16H2,1H3,(H,23,26)/p+1/t17-/m1/s1. The van der Waals surface area contributed by atoms with Crippen LogP contribution in [-0.4, -0.2) is 57.9 Å². The Hall–Kier alpha value is -2.29. The van der Waals surface area contributed by atoms with Crippen LogP contribution in [-0.2, 0) is 14.8 Å². The van der Waals surface area contributed by atoms with E-state index in [0.29, 0.717) is 26.2 Å². The van der Waals surface area contributed by atoms with E-state index in [0.717, 1.165) is 11.0 Å². The average Bonchev–Trinajstić information content (AvgIpc) is 2.73. The quantitative estimate of drug-likeness (QED) is 0.691. The van der Waals surface area contributed by atoms with Gasteiger partial charge in [0, 0.05) is 6.54 Å². The van der Waals surface area contributed by atoms with E-state index in [1.54, 1.807) is 0 Å². The molecule has 1 aliphatic rings. The number of carbonyl (C=O) groups excluding carboxylic acids is 1. The van der Waals surface area contributed by atoms with E-state index in [1.807, 2.05) is 30.3 Å². The van der Waals surface area contributed by atoms with Crippen molar-refractivity contribution in [1.82, 2.24) is 9.62 Å². The number of halogens is 1. The van der Waals surface area contributed by atoms with Crippen molar-refractivity contribution < 1.29 is 22.5 Å². The summed E-state index contributed by atoms with van der Waals surface area (Å²) in [5.74, 6) is -0.569. The van der Waals surface area contributed by atoms with Crippen LogP contribution in [0.25, 0.3) is 0 Å². The second kappa shape index (κ2) is 9.47. The van der Waals surface area contributed by atoms with Crippen LogP contribution in [0.5, 0.6) is 0 Å². The van der Waals surface area contributed by atoms with Crippen LogP contribution in [0.3, 0.4) is 0 Å². The van der Waals surface area contributed by atoms with E-state index < -0.39 is 15.8 Å². The SMILES string of the molecule is C[C@H](CNC(=O)C[NH+]1CCN(S(=O)(=O)c2ccccc2F)CC1)c1ccccc1. The number of sulfonamides is 1. The zero-order valence-electron chi connectivity index (χ0n) is 16.5. The summed E-state index contributed by atoms with van der Waals surface area (Å²) in [5, 5.41) is 2.96. The summed E-state index contributed by atoms with van der Waals surface area (Å²) >= 11 is 0. The highest BCUT2D eigenvalue weighted by atomic mass is 32.2. The number of carbonyl (C=O) groups is 1. The van der Waals surface area contributed by atoms with E-state index in [1.165, 1.54) is 28.1 Å². The molecule has 0 saturated carbocycles. The number of piperazine rings is 1. The van der Waals surface area contributed by atoms with Gasteiger partial charge in [0.15, 0.2) is 6.54 Å². The molecular formula is C21H27FN3O3S+. The molecule has 0 radical (unpaired) electrons. The van der Waals surface area contributed by atoms with Gasteiger partial charge in [-0.15, -0.1) is 0 Å². The molecule has 0 spiro atoms. The summed E-state index contributed by atoms with van der Waals surface area (Å²) in [6.45, 7) is 4.47. The maximum Gasteiger partial charge on any atom is 0.275 e. The van der Waals surface area contributed by atoms with Crippen molar-refractivity contribution in [3.8, 4) is 0 Å². The average molecular weight is 421 g/mol. The number of quaternary nitrogens is 1. The Morgan fingerprint density at radius 2 is 1.72 bits per heavy atom. The Bertz CT molecular complexity index is 929. The van der Waals surface area contributed by atoms with Crippen molar-refractivity contribution in [2.45, 2.75) is 17.7 Å². The normalized spacial score (nSPS) is 17.0. The highest BCUT2D eigenvalue weighted by Crippen LogP contribution is 2.18. The molecule has 6 nitrogen and oxygen atoms in total. The third-order valence-corrected chi connectivity index (χ3v) is 7.20. The summed E-state index contributed by atoms with van der Waals surface area (Å²) in [6, 6.07) is 15.4. The van der Waals surface area contributed by atoms with Crippen LogP contribution in [0.1, 0.15) is 18.4 Å². The second-order valence-corrected chi connectivity index (χ2v) is 9.28. The Balaban J connectivity index is 1.47. The Morgan fingerprint density at radius 1 is 1.10 bits per heavy atom. The van der Waals surface area contributed by atoms with Gasteiger partial charge in [-0.2, -0.15) is 4.31 Å². The number of nitrogens with one attached hydrogen (secondary N) is 2. The van der Waals surface area contributed by atoms with E-state index in [4.69, 9.17) is 0 Å². The van der Waals surface area contributed by atoms with E-state index in [2.05, 4.69) is 12.2 Å². The highest BCUT2D eigenvalue weighted by molar-refractivity contribution is 7.89. The lowest BCUT2D eigenvalue weighted by molar-refractivity contribution is -0.895. The molecule has 0 unspecified atom stereocenters. The molecule has 1 atom stereocenters. The van der Waals surface area contributed by atoms with Gasteiger partial charge in [0.1, 0.15) is 10.7 Å². The zero-order valence-corrected chi connectivity index (χ0v) is 17.3. The fraction of sp³-hybridized carbons (Fsp3) is 0.381. The molecule has 0 aromatic heterocycles. The topological polar surface area (TPSA) is 70.9 Å². The number of nitrogens with zero attached hydrogens (tertiary/aromatic N) is 1. The lowest BCUT2D eigenvalue weighted by atomic mass is 10.0. The van der Waals surface area contributed by atoms with Crippen molar-refractivity contribution in [1.29, 1.82) is 0 Å². The first-order chi connectivity index (χ1) is 13.9. The first-order valence-electron chi connectivity index (χ1n) is 9.78. The second-order valence-electron chi connectivity index (χ2n) is 7.38. The van der Waals surface area contributed by atoms with Gasteiger partial charge in [0.2, 0.25) is 10.0 Å². The lowest BCUT2D eigenvalue weighted by Crippen LogP contribution is -3.15. The molecule has 1 heterocycles. The Morgan fingerprint density at radius 3 is 2.38 bits per heavy atom. The molecule has 1 amide bonds. The van der Waals surface area contributed by atoms with Gasteiger partial charge >= 0.3 is 0 Å². The maximum absolute atomic E-state index is 13.9. The molecule has 29 heavy (non-hydrogen) atoms. The fourth-order valence-corrected chi connectivity index (χ4v) is 4.97. The minimum Gasteiger partial charge on any atom is -0.351 e. The molecule has 2 N–H and O–H groups in total. The summed E-state index contributed by atoms with van der Waals surface area (Å²) in [7, 11) is -3.85. The number of amides is 1. The van der Waals surface area contributed by atoms with Gasteiger partial charge in [0.25, 0.3) is 5.91 Å². The van der Waals surface area contributed by atoms with E-state index in [-0.39, 0.29) is 29.8 Å². The van der Waals surface area contributed by atoms with Crippen LogP contribution in [0.2, 0.25) is 0 Å². The van der Waals surface area contributed by atoms with Crippen LogP contribution < -0.4 is 10.2 Å². The molecule has 1 aliphatic heterocycles. The molecule has 2 aromatic rings. The Kier molecular flexibility index (Phi) is 7.00. The molecule has 1 saturated heterocycles. The van der Waals surface area contributed by atoms with Crippen LogP contribution in [0, 0.1) is 5.82 Å². The van der Waals surface area contributed by atoms with Gasteiger partial charge in [-0.05, 0) is 23.6 Å². The minimum absolute atomic E-state index is 0.0480. The monoisotopic (exact) mass is 420 g/mol. The van der Waals surface area contributed by atoms with Gasteiger partial charge in [-0.25, -0.2) is 12.8 Å². The molecule has 1 fully saturated rings. The molecule has 0 bridgehead atoms. The summed E-state index contributed by atoms with van der Waals surface area (Å²) in [6.07, 6.45) is 0. The smallest absolute Gasteiger partial charge is 0.275 e. The zero-order chi connectivity index (χ0) is 20.9. The Labute approximate surface area is 171 Å². The molecular weight excluding hydrogens is 393 g/mol. The highest BCUT2D eigenvalue weighted by Gasteiger charge is 2.32. The lowest BCUT2D eigenvalue weighted by Gasteiger charge is -2.31. The number of hydrogen-bond donors (Lipinski definition) is 2. The van der Waals surface area contributed by atoms with E-state index >= 15 is 0 Å². The van der Waals surface area contributed by atoms with Crippen molar-refractivity contribution >= 4 is 15.9 Å². The molecule has 3 rings (SSSR count). The minimum atomic E-state index is -3.85. The fourth-order valence-electron chi connectivity index (χ4n) is 3.47. The summed E-state index contributed by atoms with van der Waals surface area (Å²) in [4.78, 5) is 13.0. The molecule has 2 aromatic carbocycles. The summed E-state index contributed by atoms with van der Waals surface area (Å²) in [5.41, 5.74) is 1.17. The van der Waals surface area contributed by atoms with Gasteiger partial charge in [-0.3, -0.25) is 4.79 Å². The summed E-state index contributed by atoms with van der Waals surface area (Å²) < 4.78 is 40.5.